The molecule has 3 aliphatic heterocycles. The van der Waals surface area contributed by atoms with E-state index in [4.69, 9.17) is 4.74 Å². The maximum atomic E-state index is 16.5. The Balaban J connectivity index is 1.39. The Hall–Kier alpha value is -5.01. The summed E-state index contributed by atoms with van der Waals surface area (Å²) >= 11 is 3.17. The summed E-state index contributed by atoms with van der Waals surface area (Å²) in [6.07, 6.45) is 0. The van der Waals surface area contributed by atoms with E-state index in [0.29, 0.717) is 0 Å². The average molecular weight is 793 g/mol. The lowest BCUT2D eigenvalue weighted by molar-refractivity contribution is 0.371. The number of nitrogens with zero attached hydrogens (tertiary/aromatic N) is 2. The maximum absolute atomic E-state index is 16.5. The molecule has 0 amide bonds. The monoisotopic (exact) mass is 792 g/mol. The third kappa shape index (κ3) is 4.50. The molecule has 0 atom stereocenters. The van der Waals surface area contributed by atoms with Gasteiger partial charge in [-0.15, -0.1) is 22.7 Å². The molecule has 12 heteroatoms. The van der Waals surface area contributed by atoms with Gasteiger partial charge in [-0.25, -0.2) is 26.2 Å². The molecule has 5 aromatic carbocycles. The van der Waals surface area contributed by atoms with Crippen molar-refractivity contribution in [2.45, 2.75) is 43.7 Å². The molecule has 55 heavy (non-hydrogen) atoms. The SMILES string of the molecule is CN1c2cc3c(cc2-c2sc4ccccc4c2C1(C)C)C(c1c(F)c(F)cc(F)c1S(=O)(=O)[O-])=c1cc2c(cc1O3)=[N+](C)C(C)(C)c1c-2sc2ccccc12. The number of rotatable bonds is 2. The van der Waals surface area contributed by atoms with Gasteiger partial charge in [0, 0.05) is 97.0 Å². The molecule has 0 N–H and O–H groups in total. The van der Waals surface area contributed by atoms with Crippen LogP contribution in [-0.4, -0.2) is 27.1 Å². The zero-order chi connectivity index (χ0) is 38.7. The minimum atomic E-state index is -5.68. The number of ether oxygens (including phenoxy) is 1. The predicted molar refractivity (Wildman–Crippen MR) is 211 cm³/mol. The molecule has 0 fully saturated rings. The van der Waals surface area contributed by atoms with Gasteiger partial charge in [0.15, 0.2) is 17.2 Å². The van der Waals surface area contributed by atoms with Crippen molar-refractivity contribution >= 4 is 64.2 Å². The van der Waals surface area contributed by atoms with Crippen LogP contribution in [0.15, 0.2) is 83.8 Å². The molecule has 276 valence electrons. The van der Waals surface area contributed by atoms with Crippen molar-refractivity contribution in [3.63, 3.8) is 0 Å². The van der Waals surface area contributed by atoms with Crippen LogP contribution in [-0.2, 0) is 21.2 Å². The minimum absolute atomic E-state index is 0.103. The Labute approximate surface area is 322 Å². The molecule has 0 saturated heterocycles. The number of anilines is 1. The molecule has 0 aliphatic carbocycles. The van der Waals surface area contributed by atoms with Crippen molar-refractivity contribution in [1.29, 1.82) is 0 Å². The molecule has 0 radical (unpaired) electrons. The Morgan fingerprint density at radius 2 is 1.38 bits per heavy atom. The predicted octanol–water partition coefficient (Wildman–Crippen LogP) is 9.18. The summed E-state index contributed by atoms with van der Waals surface area (Å²) in [5, 5.41) is 3.13. The summed E-state index contributed by atoms with van der Waals surface area (Å²) in [7, 11) is -1.73. The van der Waals surface area contributed by atoms with Crippen LogP contribution in [0.4, 0.5) is 18.9 Å². The average Bonchev–Trinajstić information content (AvgIpc) is 3.73. The number of hydrogen-bond donors (Lipinski definition) is 0. The van der Waals surface area contributed by atoms with Crippen molar-refractivity contribution in [3.05, 3.63) is 129 Å². The van der Waals surface area contributed by atoms with Gasteiger partial charge in [-0.1, -0.05) is 36.4 Å². The van der Waals surface area contributed by atoms with Gasteiger partial charge in [0.2, 0.25) is 5.36 Å². The molecule has 3 aliphatic rings. The van der Waals surface area contributed by atoms with Crippen LogP contribution in [0.5, 0.6) is 11.5 Å². The zero-order valence-corrected chi connectivity index (χ0v) is 32.8. The highest BCUT2D eigenvalue weighted by Crippen LogP contribution is 2.56. The first-order valence-corrected chi connectivity index (χ1v) is 20.6. The summed E-state index contributed by atoms with van der Waals surface area (Å²) in [6, 6.07) is 23.4. The summed E-state index contributed by atoms with van der Waals surface area (Å²) in [6.45, 7) is 8.51. The van der Waals surface area contributed by atoms with Crippen molar-refractivity contribution in [2.75, 3.05) is 19.0 Å². The third-order valence-corrected chi connectivity index (χ3v) is 15.2. The lowest BCUT2D eigenvalue weighted by atomic mass is 9.81. The number of halogens is 3. The second kappa shape index (κ2) is 11.1. The van der Waals surface area contributed by atoms with E-state index in [-0.39, 0.29) is 33.9 Å². The smallest absolute Gasteiger partial charge is 0.212 e. The molecule has 0 bridgehead atoms. The number of benzene rings is 5. The van der Waals surface area contributed by atoms with Crippen LogP contribution in [0.1, 0.15) is 49.9 Å². The van der Waals surface area contributed by atoms with E-state index in [1.807, 2.05) is 50.5 Å². The van der Waals surface area contributed by atoms with E-state index in [2.05, 4.69) is 49.3 Å². The molecular formula is C43H31F3N2O4S3. The normalized spacial score (nSPS) is 16.3. The van der Waals surface area contributed by atoms with Crippen molar-refractivity contribution < 1.29 is 30.9 Å². The quantitative estimate of drug-likeness (QED) is 0.0993. The van der Waals surface area contributed by atoms with Crippen LogP contribution >= 0.6 is 22.7 Å². The molecule has 0 saturated carbocycles. The van der Waals surface area contributed by atoms with Crippen molar-refractivity contribution in [1.82, 2.24) is 4.58 Å². The first-order chi connectivity index (χ1) is 26.0. The first kappa shape index (κ1) is 34.5. The van der Waals surface area contributed by atoms with Crippen LogP contribution in [0.2, 0.25) is 0 Å². The van der Waals surface area contributed by atoms with Crippen LogP contribution in [0, 0.1) is 17.5 Å². The summed E-state index contributed by atoms with van der Waals surface area (Å²) in [5.41, 5.74) is 2.54. The van der Waals surface area contributed by atoms with Gasteiger partial charge in [0.25, 0.3) is 0 Å². The van der Waals surface area contributed by atoms with Crippen LogP contribution in [0.25, 0.3) is 46.6 Å². The lowest BCUT2D eigenvalue weighted by Gasteiger charge is -2.43. The van der Waals surface area contributed by atoms with Gasteiger partial charge >= 0.3 is 0 Å². The fourth-order valence-corrected chi connectivity index (χ4v) is 12.3. The second-order valence-electron chi connectivity index (χ2n) is 15.4. The maximum Gasteiger partial charge on any atom is 0.212 e. The molecule has 7 aromatic rings. The first-order valence-electron chi connectivity index (χ1n) is 17.6. The number of thiophene rings is 2. The zero-order valence-electron chi connectivity index (χ0n) is 30.4. The van der Waals surface area contributed by atoms with E-state index in [1.54, 1.807) is 46.9 Å². The van der Waals surface area contributed by atoms with Gasteiger partial charge in [0.1, 0.15) is 39.4 Å². The Kier molecular flexibility index (Phi) is 6.93. The molecular weight excluding hydrogens is 762 g/mol. The summed E-state index contributed by atoms with van der Waals surface area (Å²) in [5.74, 6) is -4.52. The summed E-state index contributed by atoms with van der Waals surface area (Å²) < 4.78 is 97.2. The Morgan fingerprint density at radius 3 is 2.04 bits per heavy atom. The van der Waals surface area contributed by atoms with Gasteiger partial charge in [-0.2, -0.15) is 0 Å². The number of fused-ring (bicyclic) bond motifs is 12. The van der Waals surface area contributed by atoms with Crippen LogP contribution in [0.3, 0.4) is 0 Å². The molecule has 5 heterocycles. The molecule has 10 rings (SSSR count). The molecule has 6 nitrogen and oxygen atoms in total. The van der Waals surface area contributed by atoms with E-state index in [0.717, 1.165) is 63.2 Å². The van der Waals surface area contributed by atoms with E-state index >= 15 is 13.2 Å². The largest absolute Gasteiger partial charge is 0.744 e. The third-order valence-electron chi connectivity index (χ3n) is 11.9. The number of hydrogen-bond acceptors (Lipinski definition) is 7. The topological polar surface area (TPSA) is 72.7 Å². The Bertz CT molecular complexity index is 3180. The summed E-state index contributed by atoms with van der Waals surface area (Å²) in [4.78, 5) is 2.56. The van der Waals surface area contributed by atoms with E-state index in [9.17, 15) is 13.0 Å². The van der Waals surface area contributed by atoms with Crippen molar-refractivity contribution in [3.8, 4) is 32.4 Å². The fraction of sp³-hybridized carbons (Fsp3) is 0.186. The molecule has 0 unspecified atom stereocenters. The van der Waals surface area contributed by atoms with Crippen LogP contribution < -0.4 is 24.8 Å². The minimum Gasteiger partial charge on any atom is -0.744 e. The fourth-order valence-electron chi connectivity index (χ4n) is 8.82. The molecule has 2 aromatic heterocycles. The van der Waals surface area contributed by atoms with Gasteiger partial charge in [-0.3, -0.25) is 0 Å². The van der Waals surface area contributed by atoms with E-state index < -0.39 is 49.1 Å². The highest BCUT2D eigenvalue weighted by Gasteiger charge is 2.43. The highest BCUT2D eigenvalue weighted by molar-refractivity contribution is 7.85. The molecule has 0 spiro atoms. The Morgan fingerprint density at radius 1 is 0.764 bits per heavy atom. The van der Waals surface area contributed by atoms with E-state index in [1.165, 1.54) is 0 Å². The van der Waals surface area contributed by atoms with Gasteiger partial charge in [-0.05, 0) is 43.5 Å². The highest BCUT2D eigenvalue weighted by atomic mass is 32.2. The second-order valence-corrected chi connectivity index (χ2v) is 18.8. The van der Waals surface area contributed by atoms with Crippen molar-refractivity contribution in [2.24, 2.45) is 0 Å². The lowest BCUT2D eigenvalue weighted by Crippen LogP contribution is -2.46. The van der Waals surface area contributed by atoms with Gasteiger partial charge < -0.3 is 14.2 Å². The standard InChI is InChI=1S/C43H31F3N2O4S3/c1-42(2)36-20-11-7-9-13-32(20)53-39(36)22-15-24-30(18-28(22)47(42)5)52-31-19-29-23(40-37(43(3,4)48(29)6)21-12-8-10-14-33(21)54-40)16-25(31)34(24)35-38(46)26(44)17-27(45)41(35)55(49,50)51/h7-19H,1-6H3. The van der Waals surface area contributed by atoms with Gasteiger partial charge in [0.05, 0.1) is 22.0 Å².